The summed E-state index contributed by atoms with van der Waals surface area (Å²) < 4.78 is 4.57. The summed E-state index contributed by atoms with van der Waals surface area (Å²) in [6.45, 7) is 3.47. The maximum Gasteiger partial charge on any atom is 0.339 e. The zero-order valence-corrected chi connectivity index (χ0v) is 12.1. The maximum absolute atomic E-state index is 11.3. The van der Waals surface area contributed by atoms with E-state index in [1.165, 1.54) is 25.4 Å². The molecule has 0 aromatic carbocycles. The van der Waals surface area contributed by atoms with Crippen LogP contribution in [0.1, 0.15) is 30.6 Å². The van der Waals surface area contributed by atoms with Crippen LogP contribution in [0, 0.1) is 10.1 Å². The molecule has 112 valence electrons. The molecule has 1 rings (SSSR count). The second-order valence-electron chi connectivity index (χ2n) is 4.01. The number of pyridine rings is 1. The lowest BCUT2D eigenvalue weighted by Gasteiger charge is -2.08. The Hall–Kier alpha value is -2.70. The number of anilines is 1. The first-order valence-electron chi connectivity index (χ1n) is 6.36. The highest BCUT2D eigenvalue weighted by atomic mass is 16.6. The summed E-state index contributed by atoms with van der Waals surface area (Å²) in [5.74, 6) is -0.0821. The Labute approximate surface area is 122 Å². The summed E-state index contributed by atoms with van der Waals surface area (Å²) in [5.41, 5.74) is 0.642. The molecule has 0 aliphatic carbocycles. The topological polar surface area (TPSA) is 94.4 Å². The third kappa shape index (κ3) is 4.41. The lowest BCUT2D eigenvalue weighted by Crippen LogP contribution is -2.11. The van der Waals surface area contributed by atoms with Crippen LogP contribution in [0.25, 0.3) is 0 Å². The van der Waals surface area contributed by atoms with Gasteiger partial charge in [-0.15, -0.1) is 0 Å². The fraction of sp³-hybridized carbons (Fsp3) is 0.286. The maximum atomic E-state index is 11.3. The van der Waals surface area contributed by atoms with Crippen LogP contribution < -0.4 is 5.32 Å². The van der Waals surface area contributed by atoms with Crippen LogP contribution in [0.3, 0.4) is 0 Å². The average molecular weight is 291 g/mol. The van der Waals surface area contributed by atoms with Gasteiger partial charge in [0, 0.05) is 6.20 Å². The van der Waals surface area contributed by atoms with Crippen molar-refractivity contribution >= 4 is 11.8 Å². The van der Waals surface area contributed by atoms with Gasteiger partial charge in [-0.05, 0) is 31.6 Å². The van der Waals surface area contributed by atoms with Crippen molar-refractivity contribution < 1.29 is 14.5 Å². The highest BCUT2D eigenvalue weighted by Crippen LogP contribution is 2.16. The largest absolute Gasteiger partial charge is 0.465 e. The molecule has 0 spiro atoms. The van der Waals surface area contributed by atoms with Crippen LogP contribution in [-0.2, 0) is 4.74 Å². The molecule has 0 amide bonds. The fourth-order valence-electron chi connectivity index (χ4n) is 1.63. The molecule has 1 aromatic rings. The average Bonchev–Trinajstić information content (AvgIpc) is 2.47. The van der Waals surface area contributed by atoms with Gasteiger partial charge >= 0.3 is 5.97 Å². The minimum atomic E-state index is -0.488. The fourth-order valence-corrected chi connectivity index (χ4v) is 1.63. The van der Waals surface area contributed by atoms with E-state index in [-0.39, 0.29) is 5.70 Å². The van der Waals surface area contributed by atoms with E-state index in [1.807, 2.05) is 6.92 Å². The molecule has 7 nitrogen and oxygen atoms in total. The van der Waals surface area contributed by atoms with Crippen LogP contribution in [0.5, 0.6) is 0 Å². The molecule has 0 bridgehead atoms. The lowest BCUT2D eigenvalue weighted by atomic mass is 10.2. The number of rotatable bonds is 6. The van der Waals surface area contributed by atoms with Crippen molar-refractivity contribution in [3.63, 3.8) is 0 Å². The molecule has 1 N–H and O–H groups in total. The van der Waals surface area contributed by atoms with Gasteiger partial charge in [0.05, 0.1) is 17.6 Å². The molecule has 0 aliphatic rings. The van der Waals surface area contributed by atoms with Crippen molar-refractivity contribution in [3.05, 3.63) is 57.6 Å². The normalized spacial score (nSPS) is 12.0. The molecule has 7 heteroatoms. The van der Waals surface area contributed by atoms with Crippen molar-refractivity contribution in [2.24, 2.45) is 0 Å². The third-order valence-corrected chi connectivity index (χ3v) is 2.60. The number of esters is 1. The van der Waals surface area contributed by atoms with E-state index < -0.39 is 10.9 Å². The zero-order valence-electron chi connectivity index (χ0n) is 12.1. The summed E-state index contributed by atoms with van der Waals surface area (Å²) in [6.07, 6.45) is 5.10. The Bertz CT molecular complexity index is 576. The third-order valence-electron chi connectivity index (χ3n) is 2.60. The molecule has 0 saturated heterocycles. The number of nitrogens with one attached hydrogen (secondary N) is 1. The zero-order chi connectivity index (χ0) is 15.8. The first-order valence-corrected chi connectivity index (χ1v) is 6.36. The van der Waals surface area contributed by atoms with Gasteiger partial charge in [-0.2, -0.15) is 0 Å². The van der Waals surface area contributed by atoms with E-state index in [0.717, 1.165) is 0 Å². The van der Waals surface area contributed by atoms with Gasteiger partial charge in [0.2, 0.25) is 0 Å². The van der Waals surface area contributed by atoms with Crippen molar-refractivity contribution in [2.75, 3.05) is 12.4 Å². The van der Waals surface area contributed by atoms with Gasteiger partial charge in [0.25, 0.3) is 5.70 Å². The van der Waals surface area contributed by atoms with Crippen LogP contribution >= 0.6 is 0 Å². The van der Waals surface area contributed by atoms with Crippen molar-refractivity contribution in [3.8, 4) is 0 Å². The number of hydrogen-bond donors (Lipinski definition) is 1. The molecular weight excluding hydrogens is 274 g/mol. The second kappa shape index (κ2) is 7.78. The predicted molar refractivity (Wildman–Crippen MR) is 78.3 cm³/mol. The summed E-state index contributed by atoms with van der Waals surface area (Å²) in [5, 5.41) is 13.9. The Morgan fingerprint density at radius 2 is 2.24 bits per heavy atom. The number of carbonyl (C=O) groups excluding carboxylic acids is 1. The van der Waals surface area contributed by atoms with Crippen LogP contribution in [0.2, 0.25) is 0 Å². The first kappa shape index (κ1) is 16.4. The number of hydrogen-bond acceptors (Lipinski definition) is 6. The highest BCUT2D eigenvalue weighted by molar-refractivity contribution is 5.89. The van der Waals surface area contributed by atoms with Gasteiger partial charge in [-0.1, -0.05) is 13.0 Å². The predicted octanol–water partition coefficient (Wildman–Crippen LogP) is 2.75. The van der Waals surface area contributed by atoms with Crippen LogP contribution in [0.15, 0.2) is 41.9 Å². The Kier molecular flexibility index (Phi) is 6.06. The van der Waals surface area contributed by atoms with Gasteiger partial charge in [-0.3, -0.25) is 10.1 Å². The lowest BCUT2D eigenvalue weighted by molar-refractivity contribution is -0.420. The van der Waals surface area contributed by atoms with Crippen LogP contribution in [0.4, 0.5) is 5.82 Å². The molecule has 1 aromatic heterocycles. The van der Waals surface area contributed by atoms with E-state index in [9.17, 15) is 14.9 Å². The second-order valence-corrected chi connectivity index (χ2v) is 4.01. The van der Waals surface area contributed by atoms with E-state index in [0.29, 0.717) is 23.5 Å². The Morgan fingerprint density at radius 1 is 1.52 bits per heavy atom. The van der Waals surface area contributed by atoms with E-state index >= 15 is 0 Å². The quantitative estimate of drug-likeness (QED) is 0.375. The Balaban J connectivity index is 2.98. The Morgan fingerprint density at radius 3 is 2.67 bits per heavy atom. The number of nitro groups is 1. The first-order chi connectivity index (χ1) is 10.0. The molecule has 0 fully saturated rings. The molecule has 21 heavy (non-hydrogen) atoms. The molecule has 0 atom stereocenters. The molecule has 0 saturated carbocycles. The summed E-state index contributed by atoms with van der Waals surface area (Å²) >= 11 is 0. The van der Waals surface area contributed by atoms with Gasteiger partial charge in [-0.25, -0.2) is 9.78 Å². The van der Waals surface area contributed by atoms with E-state index in [4.69, 9.17) is 0 Å². The van der Waals surface area contributed by atoms with Crippen molar-refractivity contribution in [2.45, 2.75) is 20.3 Å². The molecule has 0 radical (unpaired) electrons. The molecule has 0 unspecified atom stereocenters. The monoisotopic (exact) mass is 291 g/mol. The molecular formula is C14H17N3O4. The van der Waals surface area contributed by atoms with Crippen molar-refractivity contribution in [1.29, 1.82) is 0 Å². The van der Waals surface area contributed by atoms with Crippen molar-refractivity contribution in [1.82, 2.24) is 4.98 Å². The van der Waals surface area contributed by atoms with Gasteiger partial charge in [0.1, 0.15) is 11.5 Å². The highest BCUT2D eigenvalue weighted by Gasteiger charge is 2.16. The van der Waals surface area contributed by atoms with Crippen LogP contribution in [-0.4, -0.2) is 23.0 Å². The molecule has 0 aliphatic heterocycles. The number of aromatic nitrogens is 1. The smallest absolute Gasteiger partial charge is 0.339 e. The number of nitrogens with zero attached hydrogens (tertiary/aromatic N) is 2. The standard InChI is InChI=1S/C14H17N3O4/c1-4-6-11(12(5-2)17(19)20)16-13-8-7-10(9-15-13)14(18)21-3/h5-9H,4H2,1-3H3,(H,15,16)/b11-6+,12-5+. The SMILES string of the molecule is C/C=C(\C(=C/CC)Nc1ccc(C(=O)OC)cn1)[N+](=O)[O-]. The van der Waals surface area contributed by atoms with E-state index in [2.05, 4.69) is 15.0 Å². The number of allylic oxidation sites excluding steroid dienone is 2. The van der Waals surface area contributed by atoms with Gasteiger partial charge < -0.3 is 10.1 Å². The summed E-state index contributed by atoms with van der Waals surface area (Å²) in [4.78, 5) is 25.9. The summed E-state index contributed by atoms with van der Waals surface area (Å²) in [7, 11) is 1.28. The number of methoxy groups -OCH3 is 1. The summed E-state index contributed by atoms with van der Waals surface area (Å²) in [6, 6.07) is 3.09. The van der Waals surface area contributed by atoms with E-state index in [1.54, 1.807) is 19.1 Å². The van der Waals surface area contributed by atoms with Gasteiger partial charge in [0.15, 0.2) is 0 Å². The minimum absolute atomic E-state index is 0.0318. The number of ether oxygens (including phenoxy) is 1. The minimum Gasteiger partial charge on any atom is -0.465 e. The molecule has 1 heterocycles. The number of carbonyl (C=O) groups is 1.